The van der Waals surface area contributed by atoms with Crippen molar-refractivity contribution in [2.75, 3.05) is 6.54 Å². The molecule has 1 aromatic heterocycles. The van der Waals surface area contributed by atoms with Crippen LogP contribution in [0.25, 0.3) is 0 Å². The predicted molar refractivity (Wildman–Crippen MR) is 72.3 cm³/mol. The molecule has 0 aliphatic heterocycles. The molecule has 0 unspecified atom stereocenters. The largest absolute Gasteiger partial charge is 0.346 e. The fourth-order valence-corrected chi connectivity index (χ4v) is 1.97. The number of rotatable bonds is 5. The average molecular weight is 267 g/mol. The fraction of sp³-hybridized carbons (Fsp3) is 0.286. The summed E-state index contributed by atoms with van der Waals surface area (Å²) in [5.41, 5.74) is 2.10. The predicted octanol–water partition coefficient (Wildman–Crippen LogP) is 3.44. The summed E-state index contributed by atoms with van der Waals surface area (Å²) in [5.74, 6) is -0.366. The van der Waals surface area contributed by atoms with Crippen LogP contribution >= 0.6 is 11.6 Å². The van der Waals surface area contributed by atoms with Gasteiger partial charge < -0.3 is 9.88 Å². The summed E-state index contributed by atoms with van der Waals surface area (Å²) in [5, 5.41) is 3.45. The smallest absolute Gasteiger partial charge is 0.142 e. The first kappa shape index (κ1) is 13.1. The third-order valence-electron chi connectivity index (χ3n) is 2.82. The van der Waals surface area contributed by atoms with E-state index in [4.69, 9.17) is 11.6 Å². The minimum atomic E-state index is -0.366. The van der Waals surface area contributed by atoms with Gasteiger partial charge in [-0.2, -0.15) is 0 Å². The van der Waals surface area contributed by atoms with Crippen molar-refractivity contribution in [1.82, 2.24) is 9.88 Å². The Kier molecular flexibility index (Phi) is 4.39. The number of hydrogen-bond acceptors (Lipinski definition) is 1. The first-order chi connectivity index (χ1) is 8.70. The van der Waals surface area contributed by atoms with Crippen molar-refractivity contribution in [3.05, 3.63) is 58.6 Å². The number of aromatic nitrogens is 1. The number of halogens is 2. The summed E-state index contributed by atoms with van der Waals surface area (Å²) in [6.45, 7) is 4.48. The van der Waals surface area contributed by atoms with Crippen molar-refractivity contribution < 1.29 is 4.39 Å². The van der Waals surface area contributed by atoms with Crippen molar-refractivity contribution >= 4 is 11.6 Å². The Morgan fingerprint density at radius 2 is 2.17 bits per heavy atom. The van der Waals surface area contributed by atoms with E-state index in [1.807, 2.05) is 18.3 Å². The molecule has 2 rings (SSSR count). The van der Waals surface area contributed by atoms with Crippen LogP contribution in [-0.2, 0) is 13.1 Å². The lowest BCUT2D eigenvalue weighted by atomic mass is 10.2. The Morgan fingerprint density at radius 3 is 2.89 bits per heavy atom. The second kappa shape index (κ2) is 6.03. The molecule has 4 heteroatoms. The highest BCUT2D eigenvalue weighted by atomic mass is 35.5. The third kappa shape index (κ3) is 3.12. The van der Waals surface area contributed by atoms with Crippen LogP contribution < -0.4 is 5.32 Å². The van der Waals surface area contributed by atoms with Gasteiger partial charge in [-0.05, 0) is 36.4 Å². The van der Waals surface area contributed by atoms with Gasteiger partial charge >= 0.3 is 0 Å². The SMILES string of the molecule is CCNCc1cccn1Cc1ccc(Cl)c(F)c1. The molecular formula is C14H16ClFN2. The van der Waals surface area contributed by atoms with Crippen LogP contribution in [0.1, 0.15) is 18.2 Å². The molecule has 0 bridgehead atoms. The van der Waals surface area contributed by atoms with E-state index in [0.717, 1.165) is 18.7 Å². The van der Waals surface area contributed by atoms with E-state index in [-0.39, 0.29) is 10.8 Å². The van der Waals surface area contributed by atoms with Crippen molar-refractivity contribution in [2.45, 2.75) is 20.0 Å². The summed E-state index contributed by atoms with van der Waals surface area (Å²) < 4.78 is 15.5. The molecule has 18 heavy (non-hydrogen) atoms. The number of benzene rings is 1. The molecule has 1 heterocycles. The topological polar surface area (TPSA) is 17.0 Å². The lowest BCUT2D eigenvalue weighted by Crippen LogP contribution is -2.15. The number of hydrogen-bond donors (Lipinski definition) is 1. The third-order valence-corrected chi connectivity index (χ3v) is 3.12. The summed E-state index contributed by atoms with van der Waals surface area (Å²) >= 11 is 5.67. The molecule has 0 saturated heterocycles. The summed E-state index contributed by atoms with van der Waals surface area (Å²) in [7, 11) is 0. The van der Waals surface area contributed by atoms with E-state index < -0.39 is 0 Å². The molecule has 0 aliphatic carbocycles. The fourth-order valence-electron chi connectivity index (χ4n) is 1.85. The van der Waals surface area contributed by atoms with Crippen LogP contribution in [-0.4, -0.2) is 11.1 Å². The van der Waals surface area contributed by atoms with Gasteiger partial charge in [0.25, 0.3) is 0 Å². The van der Waals surface area contributed by atoms with Gasteiger partial charge in [-0.15, -0.1) is 0 Å². The van der Waals surface area contributed by atoms with Gasteiger partial charge in [-0.25, -0.2) is 4.39 Å². The van der Waals surface area contributed by atoms with Crippen LogP contribution in [0.3, 0.4) is 0 Å². The van der Waals surface area contributed by atoms with E-state index in [2.05, 4.69) is 22.9 Å². The zero-order valence-electron chi connectivity index (χ0n) is 10.3. The van der Waals surface area contributed by atoms with E-state index in [1.54, 1.807) is 6.07 Å². The molecular weight excluding hydrogens is 251 g/mol. The van der Waals surface area contributed by atoms with Crippen molar-refractivity contribution in [3.8, 4) is 0 Å². The van der Waals surface area contributed by atoms with Crippen molar-refractivity contribution in [2.24, 2.45) is 0 Å². The lowest BCUT2D eigenvalue weighted by molar-refractivity contribution is 0.620. The zero-order chi connectivity index (χ0) is 13.0. The van der Waals surface area contributed by atoms with Crippen LogP contribution in [0.15, 0.2) is 36.5 Å². The molecule has 2 aromatic rings. The van der Waals surface area contributed by atoms with Crippen molar-refractivity contribution in [3.63, 3.8) is 0 Å². The van der Waals surface area contributed by atoms with Gasteiger partial charge in [0.15, 0.2) is 0 Å². The first-order valence-electron chi connectivity index (χ1n) is 5.99. The van der Waals surface area contributed by atoms with Crippen LogP contribution in [0.5, 0.6) is 0 Å². The highest BCUT2D eigenvalue weighted by Gasteiger charge is 2.04. The Balaban J connectivity index is 2.13. The summed E-state index contributed by atoms with van der Waals surface area (Å²) in [6, 6.07) is 9.00. The normalized spacial score (nSPS) is 10.8. The minimum Gasteiger partial charge on any atom is -0.346 e. The summed E-state index contributed by atoms with van der Waals surface area (Å²) in [6.07, 6.45) is 2.00. The van der Waals surface area contributed by atoms with Gasteiger partial charge in [-0.3, -0.25) is 0 Å². The van der Waals surface area contributed by atoms with Gasteiger partial charge in [0.1, 0.15) is 5.82 Å². The van der Waals surface area contributed by atoms with Crippen LogP contribution in [0.4, 0.5) is 4.39 Å². The molecule has 1 N–H and O–H groups in total. The zero-order valence-corrected chi connectivity index (χ0v) is 11.0. The Bertz CT molecular complexity index is 522. The maximum atomic E-state index is 13.4. The van der Waals surface area contributed by atoms with E-state index >= 15 is 0 Å². The Hall–Kier alpha value is -1.32. The monoisotopic (exact) mass is 266 g/mol. The van der Waals surface area contributed by atoms with E-state index in [0.29, 0.717) is 6.54 Å². The minimum absolute atomic E-state index is 0.166. The number of nitrogens with zero attached hydrogens (tertiary/aromatic N) is 1. The molecule has 96 valence electrons. The van der Waals surface area contributed by atoms with Gasteiger partial charge in [0, 0.05) is 25.0 Å². The highest BCUT2D eigenvalue weighted by molar-refractivity contribution is 6.30. The first-order valence-corrected chi connectivity index (χ1v) is 6.37. The molecule has 0 radical (unpaired) electrons. The maximum Gasteiger partial charge on any atom is 0.142 e. The van der Waals surface area contributed by atoms with Gasteiger partial charge in [0.05, 0.1) is 5.02 Å². The summed E-state index contributed by atoms with van der Waals surface area (Å²) in [4.78, 5) is 0. The molecule has 0 spiro atoms. The standard InChI is InChI=1S/C14H16ClFN2/c1-2-17-9-12-4-3-7-18(12)10-11-5-6-13(15)14(16)8-11/h3-8,17H,2,9-10H2,1H3. The Morgan fingerprint density at radius 1 is 1.33 bits per heavy atom. The molecule has 1 aromatic carbocycles. The van der Waals surface area contributed by atoms with Crippen LogP contribution in [0.2, 0.25) is 5.02 Å². The molecule has 0 amide bonds. The molecule has 0 saturated carbocycles. The van der Waals surface area contributed by atoms with E-state index in [9.17, 15) is 4.39 Å². The molecule has 2 nitrogen and oxygen atoms in total. The lowest BCUT2D eigenvalue weighted by Gasteiger charge is -2.10. The highest BCUT2D eigenvalue weighted by Crippen LogP contribution is 2.17. The van der Waals surface area contributed by atoms with Crippen molar-refractivity contribution in [1.29, 1.82) is 0 Å². The maximum absolute atomic E-state index is 13.4. The van der Waals surface area contributed by atoms with Gasteiger partial charge in [0.2, 0.25) is 0 Å². The molecule has 0 fully saturated rings. The van der Waals surface area contributed by atoms with E-state index in [1.165, 1.54) is 11.8 Å². The Labute approximate surface area is 111 Å². The van der Waals surface area contributed by atoms with Crippen LogP contribution in [0, 0.1) is 5.82 Å². The molecule has 0 aliphatic rings. The number of nitrogens with one attached hydrogen (secondary N) is 1. The second-order valence-electron chi connectivity index (χ2n) is 4.16. The molecule has 0 atom stereocenters. The quantitative estimate of drug-likeness (QED) is 0.877. The second-order valence-corrected chi connectivity index (χ2v) is 4.56. The average Bonchev–Trinajstić information content (AvgIpc) is 2.79. The van der Waals surface area contributed by atoms with Gasteiger partial charge in [-0.1, -0.05) is 24.6 Å².